The Morgan fingerprint density at radius 3 is 2.50 bits per heavy atom. The molecule has 0 heterocycles. The van der Waals surface area contributed by atoms with Gasteiger partial charge in [0.2, 0.25) is 0 Å². The van der Waals surface area contributed by atoms with Crippen molar-refractivity contribution in [1.29, 1.82) is 0 Å². The topological polar surface area (TPSA) is 15.3 Å². The number of hydrogen-bond donors (Lipinski definition) is 1. The number of nitrogens with one attached hydrogen (secondary N) is 1. The van der Waals surface area contributed by atoms with E-state index >= 15 is 0 Å². The van der Waals surface area contributed by atoms with E-state index in [9.17, 15) is 0 Å². The molecule has 0 aromatic heterocycles. The Hall–Kier alpha value is -0.0800. The third-order valence-electron chi connectivity index (χ3n) is 5.00. The minimum Gasteiger partial charge on any atom is -0.314 e. The summed E-state index contributed by atoms with van der Waals surface area (Å²) in [5.74, 6) is 2.64. The average Bonchev–Trinajstić information content (AvgIpc) is 3.14. The fourth-order valence-electron chi connectivity index (χ4n) is 3.78. The van der Waals surface area contributed by atoms with Crippen LogP contribution in [0.5, 0.6) is 0 Å². The van der Waals surface area contributed by atoms with Crippen molar-refractivity contribution in [2.45, 2.75) is 65.0 Å². The summed E-state index contributed by atoms with van der Waals surface area (Å²) < 4.78 is 0. The molecule has 0 aliphatic heterocycles. The van der Waals surface area contributed by atoms with Crippen LogP contribution < -0.4 is 5.32 Å². The van der Waals surface area contributed by atoms with E-state index in [-0.39, 0.29) is 0 Å². The monoisotopic (exact) mass is 252 g/mol. The van der Waals surface area contributed by atoms with Gasteiger partial charge in [-0.2, -0.15) is 0 Å². The van der Waals surface area contributed by atoms with Crippen LogP contribution in [0, 0.1) is 17.8 Å². The molecule has 2 nitrogen and oxygen atoms in total. The van der Waals surface area contributed by atoms with Crippen LogP contribution in [0.1, 0.15) is 52.9 Å². The molecule has 0 amide bonds. The van der Waals surface area contributed by atoms with Gasteiger partial charge in [0.1, 0.15) is 0 Å². The second-order valence-electron chi connectivity index (χ2n) is 6.95. The highest BCUT2D eigenvalue weighted by Gasteiger charge is 2.36. The molecule has 0 spiro atoms. The summed E-state index contributed by atoms with van der Waals surface area (Å²) in [5.41, 5.74) is 0. The predicted molar refractivity (Wildman–Crippen MR) is 78.8 cm³/mol. The highest BCUT2D eigenvalue weighted by atomic mass is 15.2. The van der Waals surface area contributed by atoms with E-state index in [0.29, 0.717) is 0 Å². The van der Waals surface area contributed by atoms with E-state index in [4.69, 9.17) is 0 Å². The third kappa shape index (κ3) is 3.71. The average molecular weight is 252 g/mol. The first kappa shape index (κ1) is 14.3. The second-order valence-corrected chi connectivity index (χ2v) is 6.95. The summed E-state index contributed by atoms with van der Waals surface area (Å²) in [6, 6.07) is 1.66. The molecule has 1 N–H and O–H groups in total. The Morgan fingerprint density at radius 2 is 1.89 bits per heavy atom. The lowest BCUT2D eigenvalue weighted by Gasteiger charge is -2.42. The molecule has 4 atom stereocenters. The first-order valence-corrected chi connectivity index (χ1v) is 8.05. The molecular weight excluding hydrogens is 220 g/mol. The van der Waals surface area contributed by atoms with Crippen molar-refractivity contribution in [1.82, 2.24) is 10.2 Å². The Bertz CT molecular complexity index is 249. The zero-order valence-corrected chi connectivity index (χ0v) is 12.8. The van der Waals surface area contributed by atoms with Crippen LogP contribution in [0.3, 0.4) is 0 Å². The van der Waals surface area contributed by atoms with Crippen molar-refractivity contribution in [2.75, 3.05) is 20.1 Å². The van der Waals surface area contributed by atoms with E-state index in [0.717, 1.165) is 29.8 Å². The molecule has 4 unspecified atom stereocenters. The number of hydrogen-bond acceptors (Lipinski definition) is 2. The van der Waals surface area contributed by atoms with E-state index < -0.39 is 0 Å². The molecule has 2 fully saturated rings. The van der Waals surface area contributed by atoms with Crippen LogP contribution in [0.4, 0.5) is 0 Å². The summed E-state index contributed by atoms with van der Waals surface area (Å²) in [6.07, 6.45) is 6.92. The van der Waals surface area contributed by atoms with Crippen LogP contribution in [0.25, 0.3) is 0 Å². The lowest BCUT2D eigenvalue weighted by Crippen LogP contribution is -2.49. The predicted octanol–water partition coefficient (Wildman–Crippen LogP) is 3.13. The standard InChI is InChI=1S/C16H32N2/c1-5-8-17-16-10-12(2)9-13(3)15(16)11-18(4)14-6-7-14/h12-17H,5-11H2,1-4H3. The normalized spacial score (nSPS) is 37.2. The molecule has 0 aromatic carbocycles. The molecule has 2 aliphatic rings. The lowest BCUT2D eigenvalue weighted by atomic mass is 9.72. The molecule has 18 heavy (non-hydrogen) atoms. The van der Waals surface area contributed by atoms with Gasteiger partial charge in [0.25, 0.3) is 0 Å². The van der Waals surface area contributed by atoms with E-state index in [2.05, 4.69) is 38.0 Å². The van der Waals surface area contributed by atoms with E-state index in [1.54, 1.807) is 0 Å². The fraction of sp³-hybridized carbons (Fsp3) is 1.00. The SMILES string of the molecule is CCCNC1CC(C)CC(C)C1CN(C)C1CC1. The molecule has 0 saturated heterocycles. The Kier molecular flexibility index (Phi) is 5.08. The maximum Gasteiger partial charge on any atom is 0.0113 e. The quantitative estimate of drug-likeness (QED) is 0.781. The van der Waals surface area contributed by atoms with E-state index in [1.807, 2.05) is 0 Å². The summed E-state index contributed by atoms with van der Waals surface area (Å²) in [7, 11) is 2.33. The molecule has 2 aliphatic carbocycles. The van der Waals surface area contributed by atoms with Gasteiger partial charge >= 0.3 is 0 Å². The highest BCUT2D eigenvalue weighted by Crippen LogP contribution is 2.36. The Labute approximate surface area is 114 Å². The molecule has 0 aromatic rings. The van der Waals surface area contributed by atoms with Crippen molar-refractivity contribution in [2.24, 2.45) is 17.8 Å². The van der Waals surface area contributed by atoms with Gasteiger partial charge in [-0.05, 0) is 63.5 Å². The maximum atomic E-state index is 3.82. The number of rotatable bonds is 6. The van der Waals surface area contributed by atoms with Crippen molar-refractivity contribution in [3.63, 3.8) is 0 Å². The highest BCUT2D eigenvalue weighted by molar-refractivity contribution is 4.91. The van der Waals surface area contributed by atoms with Gasteiger partial charge in [0.15, 0.2) is 0 Å². The summed E-state index contributed by atoms with van der Waals surface area (Å²) in [6.45, 7) is 9.67. The van der Waals surface area contributed by atoms with Gasteiger partial charge in [-0.15, -0.1) is 0 Å². The third-order valence-corrected chi connectivity index (χ3v) is 5.00. The first-order chi connectivity index (χ1) is 8.61. The van der Waals surface area contributed by atoms with Crippen LogP contribution in [-0.4, -0.2) is 37.1 Å². The summed E-state index contributed by atoms with van der Waals surface area (Å²) >= 11 is 0. The summed E-state index contributed by atoms with van der Waals surface area (Å²) in [4.78, 5) is 2.62. The van der Waals surface area contributed by atoms with Gasteiger partial charge < -0.3 is 10.2 Å². The molecule has 106 valence electrons. The molecule has 0 radical (unpaired) electrons. The van der Waals surface area contributed by atoms with Crippen LogP contribution in [-0.2, 0) is 0 Å². The van der Waals surface area contributed by atoms with Crippen LogP contribution >= 0.6 is 0 Å². The largest absolute Gasteiger partial charge is 0.314 e. The van der Waals surface area contributed by atoms with Crippen molar-refractivity contribution in [3.05, 3.63) is 0 Å². The minimum atomic E-state index is 0.755. The van der Waals surface area contributed by atoms with Gasteiger partial charge in [0, 0.05) is 18.6 Å². The summed E-state index contributed by atoms with van der Waals surface area (Å²) in [5, 5.41) is 3.82. The molecular formula is C16H32N2. The minimum absolute atomic E-state index is 0.755. The fourth-order valence-corrected chi connectivity index (χ4v) is 3.78. The second kappa shape index (κ2) is 6.38. The van der Waals surface area contributed by atoms with Crippen LogP contribution in [0.15, 0.2) is 0 Å². The zero-order valence-electron chi connectivity index (χ0n) is 12.8. The maximum absolute atomic E-state index is 3.82. The first-order valence-electron chi connectivity index (χ1n) is 8.05. The van der Waals surface area contributed by atoms with Gasteiger partial charge in [-0.3, -0.25) is 0 Å². The van der Waals surface area contributed by atoms with Gasteiger partial charge in [-0.1, -0.05) is 20.8 Å². The zero-order chi connectivity index (χ0) is 13.1. The number of nitrogens with zero attached hydrogens (tertiary/aromatic N) is 1. The smallest absolute Gasteiger partial charge is 0.0113 e. The van der Waals surface area contributed by atoms with Crippen molar-refractivity contribution < 1.29 is 0 Å². The molecule has 2 saturated carbocycles. The van der Waals surface area contributed by atoms with Crippen molar-refractivity contribution in [3.8, 4) is 0 Å². The molecule has 2 rings (SSSR count). The van der Waals surface area contributed by atoms with E-state index in [1.165, 1.54) is 45.2 Å². The molecule has 0 bridgehead atoms. The Morgan fingerprint density at radius 1 is 1.17 bits per heavy atom. The van der Waals surface area contributed by atoms with Crippen LogP contribution in [0.2, 0.25) is 0 Å². The van der Waals surface area contributed by atoms with Crippen molar-refractivity contribution >= 4 is 0 Å². The Balaban J connectivity index is 1.92. The lowest BCUT2D eigenvalue weighted by molar-refractivity contribution is 0.109. The van der Waals surface area contributed by atoms with Gasteiger partial charge in [0.05, 0.1) is 0 Å². The molecule has 2 heteroatoms. The van der Waals surface area contributed by atoms with Gasteiger partial charge in [-0.25, -0.2) is 0 Å².